The molecule has 0 radical (unpaired) electrons. The predicted molar refractivity (Wildman–Crippen MR) is 87.6 cm³/mol. The maximum atomic E-state index is 12.2. The van der Waals surface area contributed by atoms with Gasteiger partial charge in [-0.1, -0.05) is 12.1 Å². The molecule has 1 N–H and O–H groups in total. The molecule has 0 unspecified atom stereocenters. The lowest BCUT2D eigenvalue weighted by Gasteiger charge is -2.07. The van der Waals surface area contributed by atoms with Gasteiger partial charge < -0.3 is 19.3 Å². The zero-order chi connectivity index (χ0) is 16.8. The first-order valence-electron chi connectivity index (χ1n) is 6.90. The fourth-order valence-corrected chi connectivity index (χ4v) is 2.06. The van der Waals surface area contributed by atoms with Crippen molar-refractivity contribution in [3.63, 3.8) is 0 Å². The van der Waals surface area contributed by atoms with Gasteiger partial charge >= 0.3 is 0 Å². The van der Waals surface area contributed by atoms with E-state index in [9.17, 15) is 9.90 Å². The summed E-state index contributed by atoms with van der Waals surface area (Å²) in [5.74, 6) is 1.27. The predicted octanol–water partition coefficient (Wildman–Crippen LogP) is 3.31. The van der Waals surface area contributed by atoms with Crippen molar-refractivity contribution in [3.05, 3.63) is 53.6 Å². The molecule has 0 saturated carbocycles. The topological polar surface area (TPSA) is 65.0 Å². The van der Waals surface area contributed by atoms with Crippen LogP contribution in [0.25, 0.3) is 6.08 Å². The quantitative estimate of drug-likeness (QED) is 0.654. The summed E-state index contributed by atoms with van der Waals surface area (Å²) in [5, 5.41) is 9.55. The van der Waals surface area contributed by atoms with Crippen LogP contribution in [-0.4, -0.2) is 32.2 Å². The Balaban J connectivity index is 2.21. The Morgan fingerprint density at radius 2 is 1.61 bits per heavy atom. The van der Waals surface area contributed by atoms with Crippen LogP contribution in [0.4, 0.5) is 0 Å². The van der Waals surface area contributed by atoms with Gasteiger partial charge in [0.2, 0.25) is 0 Å². The van der Waals surface area contributed by atoms with Crippen LogP contribution in [0.5, 0.6) is 23.0 Å². The van der Waals surface area contributed by atoms with Gasteiger partial charge in [0.15, 0.2) is 28.8 Å². The fourth-order valence-electron chi connectivity index (χ4n) is 2.06. The van der Waals surface area contributed by atoms with Gasteiger partial charge in [-0.05, 0) is 42.0 Å². The number of rotatable bonds is 6. The highest BCUT2D eigenvalue weighted by atomic mass is 16.5. The largest absolute Gasteiger partial charge is 0.504 e. The van der Waals surface area contributed by atoms with E-state index in [0.717, 1.165) is 5.56 Å². The summed E-state index contributed by atoms with van der Waals surface area (Å²) in [6.07, 6.45) is 3.14. The van der Waals surface area contributed by atoms with Crippen molar-refractivity contribution < 1.29 is 24.1 Å². The van der Waals surface area contributed by atoms with Gasteiger partial charge in [0.25, 0.3) is 0 Å². The number of hydrogen-bond donors (Lipinski definition) is 1. The number of ketones is 1. The van der Waals surface area contributed by atoms with Gasteiger partial charge in [0.1, 0.15) is 0 Å². The Hall–Kier alpha value is -2.95. The minimum absolute atomic E-state index is 0.00656. The maximum Gasteiger partial charge on any atom is 0.185 e. The average molecular weight is 314 g/mol. The molecule has 0 bridgehead atoms. The van der Waals surface area contributed by atoms with Crippen molar-refractivity contribution in [3.8, 4) is 23.0 Å². The number of carbonyl (C=O) groups excluding carboxylic acids is 1. The average Bonchev–Trinajstić information content (AvgIpc) is 2.59. The lowest BCUT2D eigenvalue weighted by molar-refractivity contribution is 0.104. The van der Waals surface area contributed by atoms with Gasteiger partial charge in [-0.3, -0.25) is 4.79 Å². The molecule has 0 aliphatic rings. The van der Waals surface area contributed by atoms with Crippen molar-refractivity contribution >= 4 is 11.9 Å². The molecule has 2 aromatic rings. The minimum atomic E-state index is -0.196. The van der Waals surface area contributed by atoms with Crippen molar-refractivity contribution in [2.75, 3.05) is 21.3 Å². The second kappa shape index (κ2) is 7.35. The van der Waals surface area contributed by atoms with Gasteiger partial charge in [0, 0.05) is 5.56 Å². The molecule has 5 heteroatoms. The third-order valence-corrected chi connectivity index (χ3v) is 3.30. The van der Waals surface area contributed by atoms with Crippen molar-refractivity contribution in [2.45, 2.75) is 0 Å². The van der Waals surface area contributed by atoms with Gasteiger partial charge in [0.05, 0.1) is 21.3 Å². The number of ether oxygens (including phenoxy) is 3. The highest BCUT2D eigenvalue weighted by molar-refractivity contribution is 6.07. The molecular formula is C18H18O5. The van der Waals surface area contributed by atoms with Gasteiger partial charge in [-0.25, -0.2) is 0 Å². The van der Waals surface area contributed by atoms with E-state index in [2.05, 4.69) is 0 Å². The smallest absolute Gasteiger partial charge is 0.185 e. The van der Waals surface area contributed by atoms with Crippen LogP contribution in [0.3, 0.4) is 0 Å². The van der Waals surface area contributed by atoms with Crippen LogP contribution in [0, 0.1) is 0 Å². The Kier molecular flexibility index (Phi) is 5.25. The second-order valence-electron chi connectivity index (χ2n) is 4.70. The number of phenols is 1. The first-order valence-corrected chi connectivity index (χ1v) is 6.90. The second-order valence-corrected chi connectivity index (χ2v) is 4.70. The number of benzene rings is 2. The van der Waals surface area contributed by atoms with E-state index in [1.165, 1.54) is 25.3 Å². The molecule has 5 nitrogen and oxygen atoms in total. The normalized spacial score (nSPS) is 10.6. The number of carbonyl (C=O) groups is 1. The summed E-state index contributed by atoms with van der Waals surface area (Å²) >= 11 is 0. The summed E-state index contributed by atoms with van der Waals surface area (Å²) in [6.45, 7) is 0. The van der Waals surface area contributed by atoms with E-state index >= 15 is 0 Å². The maximum absolute atomic E-state index is 12.2. The zero-order valence-corrected chi connectivity index (χ0v) is 13.2. The Morgan fingerprint density at radius 3 is 2.26 bits per heavy atom. The number of hydrogen-bond acceptors (Lipinski definition) is 5. The molecule has 23 heavy (non-hydrogen) atoms. The van der Waals surface area contributed by atoms with Crippen LogP contribution >= 0.6 is 0 Å². The molecule has 0 saturated heterocycles. The molecule has 0 aromatic heterocycles. The van der Waals surface area contributed by atoms with Gasteiger partial charge in [-0.15, -0.1) is 0 Å². The summed E-state index contributed by atoms with van der Waals surface area (Å²) in [6, 6.07) is 9.83. The third-order valence-electron chi connectivity index (χ3n) is 3.30. The van der Waals surface area contributed by atoms with E-state index < -0.39 is 0 Å². The molecule has 0 atom stereocenters. The van der Waals surface area contributed by atoms with Crippen LogP contribution in [0.15, 0.2) is 42.5 Å². The molecule has 0 amide bonds. The lowest BCUT2D eigenvalue weighted by atomic mass is 10.1. The van der Waals surface area contributed by atoms with Gasteiger partial charge in [-0.2, -0.15) is 0 Å². The highest BCUT2D eigenvalue weighted by Gasteiger charge is 2.08. The molecule has 0 fully saturated rings. The molecule has 0 aliphatic carbocycles. The lowest BCUT2D eigenvalue weighted by Crippen LogP contribution is -1.95. The van der Waals surface area contributed by atoms with Crippen LogP contribution < -0.4 is 14.2 Å². The molecule has 2 aromatic carbocycles. The molecule has 120 valence electrons. The number of methoxy groups -OCH3 is 3. The standard InChI is InChI=1S/C18H18O5/c1-21-16-9-5-12(10-18(16)23-3)4-7-14(19)13-6-8-15(20)17(11-13)22-2/h4-11,20H,1-3H3. The Bertz CT molecular complexity index is 734. The van der Waals surface area contributed by atoms with E-state index in [0.29, 0.717) is 17.1 Å². The van der Waals surface area contributed by atoms with E-state index in [4.69, 9.17) is 14.2 Å². The van der Waals surface area contributed by atoms with Crippen molar-refractivity contribution in [2.24, 2.45) is 0 Å². The third kappa shape index (κ3) is 3.83. The minimum Gasteiger partial charge on any atom is -0.504 e. The SMILES string of the molecule is COc1cc(C(=O)C=Cc2ccc(OC)c(OC)c2)ccc1O. The number of allylic oxidation sites excluding steroid dienone is 1. The molecule has 0 aliphatic heterocycles. The number of phenolic OH excluding ortho intramolecular Hbond substituents is 1. The molecule has 0 spiro atoms. The van der Waals surface area contributed by atoms with E-state index in [1.807, 2.05) is 6.07 Å². The Morgan fingerprint density at radius 1 is 0.913 bits per heavy atom. The fraction of sp³-hybridized carbons (Fsp3) is 0.167. The van der Waals surface area contributed by atoms with Crippen LogP contribution in [-0.2, 0) is 0 Å². The zero-order valence-electron chi connectivity index (χ0n) is 13.2. The van der Waals surface area contributed by atoms with E-state index in [-0.39, 0.29) is 17.3 Å². The number of aromatic hydroxyl groups is 1. The molecule has 2 rings (SSSR count). The van der Waals surface area contributed by atoms with Crippen molar-refractivity contribution in [1.29, 1.82) is 0 Å². The van der Waals surface area contributed by atoms with Crippen LogP contribution in [0.1, 0.15) is 15.9 Å². The first-order chi connectivity index (χ1) is 11.1. The first kappa shape index (κ1) is 16.4. The Labute approximate surface area is 134 Å². The summed E-state index contributed by atoms with van der Waals surface area (Å²) < 4.78 is 15.4. The van der Waals surface area contributed by atoms with E-state index in [1.54, 1.807) is 38.5 Å². The molecular weight excluding hydrogens is 296 g/mol. The monoisotopic (exact) mass is 314 g/mol. The summed E-state index contributed by atoms with van der Waals surface area (Å²) in [5.41, 5.74) is 1.23. The molecule has 0 heterocycles. The summed E-state index contributed by atoms with van der Waals surface area (Å²) in [4.78, 5) is 12.2. The highest BCUT2D eigenvalue weighted by Crippen LogP contribution is 2.29. The summed E-state index contributed by atoms with van der Waals surface area (Å²) in [7, 11) is 4.55. The van der Waals surface area contributed by atoms with Crippen LogP contribution in [0.2, 0.25) is 0 Å². The van der Waals surface area contributed by atoms with Crippen molar-refractivity contribution in [1.82, 2.24) is 0 Å².